The Labute approximate surface area is 162 Å². The van der Waals surface area contributed by atoms with Crippen LogP contribution in [0.15, 0.2) is 66.4 Å². The van der Waals surface area contributed by atoms with Crippen LogP contribution in [0.2, 0.25) is 0 Å². The summed E-state index contributed by atoms with van der Waals surface area (Å²) in [5.74, 6) is 1.55. The Morgan fingerprint density at radius 2 is 1.63 bits per heavy atom. The fraction of sp³-hybridized carbons (Fsp3) is 0.417. The lowest BCUT2D eigenvalue weighted by atomic mass is 9.45. The first-order chi connectivity index (χ1) is 12.9. The van der Waals surface area contributed by atoms with Gasteiger partial charge >= 0.3 is 0 Å². The molecule has 3 heteroatoms. The molecule has 2 aromatic carbocycles. The maximum Gasteiger partial charge on any atom is 0.125 e. The van der Waals surface area contributed by atoms with Crippen molar-refractivity contribution >= 4 is 12.5 Å². The van der Waals surface area contributed by atoms with Crippen molar-refractivity contribution < 1.29 is 4.57 Å². The maximum atomic E-state index is 14.7. The van der Waals surface area contributed by atoms with Crippen LogP contribution >= 0.6 is 7.14 Å². The molecule has 1 unspecified atom stereocenters. The van der Waals surface area contributed by atoms with E-state index in [0.717, 1.165) is 23.0 Å². The van der Waals surface area contributed by atoms with Crippen molar-refractivity contribution in [1.29, 1.82) is 0 Å². The van der Waals surface area contributed by atoms with E-state index in [0.29, 0.717) is 23.4 Å². The maximum absolute atomic E-state index is 14.7. The minimum absolute atomic E-state index is 0.227. The highest BCUT2D eigenvalue weighted by Gasteiger charge is 2.65. The average molecular weight is 377 g/mol. The van der Waals surface area contributed by atoms with Crippen LogP contribution in [-0.2, 0) is 10.7 Å². The van der Waals surface area contributed by atoms with E-state index in [1.165, 1.54) is 12.0 Å². The molecule has 2 N–H and O–H groups in total. The summed E-state index contributed by atoms with van der Waals surface area (Å²) >= 11 is 0. The number of allylic oxidation sites excluding steroid dienone is 1. The lowest BCUT2D eigenvalue weighted by molar-refractivity contribution is -0.0903. The topological polar surface area (TPSA) is 43.1 Å². The fourth-order valence-electron chi connectivity index (χ4n) is 6.20. The monoisotopic (exact) mass is 377 g/mol. The highest BCUT2D eigenvalue weighted by atomic mass is 31.2. The molecule has 0 aromatic heterocycles. The predicted molar refractivity (Wildman–Crippen MR) is 113 cm³/mol. The second-order valence-electron chi connectivity index (χ2n) is 9.30. The third-order valence-electron chi connectivity index (χ3n) is 7.77. The summed E-state index contributed by atoms with van der Waals surface area (Å²) in [6.45, 7) is 4.77. The van der Waals surface area contributed by atoms with Crippen molar-refractivity contribution in [2.75, 3.05) is 0 Å². The Morgan fingerprint density at radius 3 is 2.26 bits per heavy atom. The van der Waals surface area contributed by atoms with Gasteiger partial charge in [-0.2, -0.15) is 0 Å². The Bertz CT molecular complexity index is 947. The zero-order chi connectivity index (χ0) is 18.8. The smallest absolute Gasteiger partial charge is 0.125 e. The van der Waals surface area contributed by atoms with Gasteiger partial charge < -0.3 is 10.3 Å². The van der Waals surface area contributed by atoms with Crippen LogP contribution < -0.4 is 5.73 Å². The van der Waals surface area contributed by atoms with E-state index in [2.05, 4.69) is 38.1 Å². The first-order valence-electron chi connectivity index (χ1n) is 10.1. The summed E-state index contributed by atoms with van der Waals surface area (Å²) in [5.41, 5.74) is 10.6. The third-order valence-corrected chi connectivity index (χ3v) is 11.5. The van der Waals surface area contributed by atoms with Gasteiger partial charge in [0.25, 0.3) is 0 Å². The summed E-state index contributed by atoms with van der Waals surface area (Å²) in [7, 11) is -2.62. The van der Waals surface area contributed by atoms with Gasteiger partial charge in [0.05, 0.1) is 0 Å². The Hall–Kier alpha value is -1.79. The number of rotatable bonds is 3. The van der Waals surface area contributed by atoms with Crippen molar-refractivity contribution in [3.8, 4) is 0 Å². The van der Waals surface area contributed by atoms with E-state index in [1.807, 2.05) is 36.4 Å². The van der Waals surface area contributed by atoms with Crippen LogP contribution in [0.4, 0.5) is 0 Å². The molecule has 3 saturated carbocycles. The number of hydrogen-bond acceptors (Lipinski definition) is 2. The lowest BCUT2D eigenvalue weighted by Crippen LogP contribution is -2.57. The molecule has 2 nitrogen and oxygen atoms in total. The third kappa shape index (κ3) is 2.36. The molecule has 0 amide bonds. The SMILES string of the molecule is CC1(C)[C@H]2C[C@@H]1[C@@H]1C(N)=C(c3ccccc3)P(=O)(Cc3ccccc3)[C@@H]1C2. The fourth-order valence-corrected chi connectivity index (χ4v) is 10.3. The van der Waals surface area contributed by atoms with Gasteiger partial charge in [0.15, 0.2) is 0 Å². The number of hydrogen-bond donors (Lipinski definition) is 1. The Balaban J connectivity index is 1.65. The van der Waals surface area contributed by atoms with Gasteiger partial charge in [-0.3, -0.25) is 0 Å². The number of nitrogens with two attached hydrogens (primary N) is 1. The molecular formula is C24H28NOP. The molecule has 1 aliphatic heterocycles. The molecule has 0 spiro atoms. The van der Waals surface area contributed by atoms with Crippen LogP contribution in [0.1, 0.15) is 37.8 Å². The molecule has 1 heterocycles. The molecule has 5 atom stereocenters. The molecule has 6 rings (SSSR count). The van der Waals surface area contributed by atoms with Crippen LogP contribution in [0.25, 0.3) is 5.31 Å². The van der Waals surface area contributed by atoms with Crippen molar-refractivity contribution in [3.63, 3.8) is 0 Å². The molecular weight excluding hydrogens is 349 g/mol. The molecule has 0 radical (unpaired) electrons. The predicted octanol–water partition coefficient (Wildman–Crippen LogP) is 5.94. The molecule has 140 valence electrons. The van der Waals surface area contributed by atoms with Crippen molar-refractivity contribution in [2.24, 2.45) is 28.9 Å². The zero-order valence-corrected chi connectivity index (χ0v) is 17.0. The minimum atomic E-state index is -2.62. The summed E-state index contributed by atoms with van der Waals surface area (Å²) < 4.78 is 14.7. The second-order valence-corrected chi connectivity index (χ2v) is 12.3. The standard InChI is InChI=1S/C24H28NOP/c1-24(2)18-13-19(24)21-20(14-18)27(26,15-16-9-5-3-6-10-16)23(22(21)25)17-11-7-4-8-12-17/h3-12,18-21H,13-15,25H2,1-2H3/t18-,19+,20+,21-,27?/m0/s1. The van der Waals surface area contributed by atoms with Gasteiger partial charge in [-0.25, -0.2) is 0 Å². The average Bonchev–Trinajstić information content (AvgIpc) is 2.90. The molecule has 3 fully saturated rings. The van der Waals surface area contributed by atoms with E-state index in [-0.39, 0.29) is 11.6 Å². The van der Waals surface area contributed by atoms with Crippen molar-refractivity contribution in [3.05, 3.63) is 77.5 Å². The number of benzene rings is 2. The van der Waals surface area contributed by atoms with E-state index < -0.39 is 7.14 Å². The second kappa shape index (κ2) is 5.85. The Kier molecular flexibility index (Phi) is 3.75. The summed E-state index contributed by atoms with van der Waals surface area (Å²) in [6, 6.07) is 20.6. The molecule has 4 aliphatic rings. The molecule has 0 saturated heterocycles. The van der Waals surface area contributed by atoms with Gasteiger partial charge in [-0.05, 0) is 41.2 Å². The van der Waals surface area contributed by atoms with Crippen molar-refractivity contribution in [2.45, 2.75) is 38.5 Å². The zero-order valence-electron chi connectivity index (χ0n) is 16.1. The highest BCUT2D eigenvalue weighted by molar-refractivity contribution is 7.74. The molecule has 3 aliphatic carbocycles. The first-order valence-corrected chi connectivity index (χ1v) is 12.1. The minimum Gasteiger partial charge on any atom is -0.401 e. The van der Waals surface area contributed by atoms with Crippen molar-refractivity contribution in [1.82, 2.24) is 0 Å². The summed E-state index contributed by atoms with van der Waals surface area (Å²) in [6.07, 6.45) is 2.96. The van der Waals surface area contributed by atoms with Gasteiger partial charge in [0, 0.05) is 28.8 Å². The summed E-state index contributed by atoms with van der Waals surface area (Å²) in [5, 5.41) is 0.991. The lowest BCUT2D eigenvalue weighted by Gasteiger charge is -2.62. The molecule has 2 aromatic rings. The van der Waals surface area contributed by atoms with E-state index in [1.54, 1.807) is 0 Å². The van der Waals surface area contributed by atoms with Crippen LogP contribution in [0.3, 0.4) is 0 Å². The van der Waals surface area contributed by atoms with Gasteiger partial charge in [-0.15, -0.1) is 0 Å². The van der Waals surface area contributed by atoms with Crippen LogP contribution in [0.5, 0.6) is 0 Å². The van der Waals surface area contributed by atoms with E-state index in [9.17, 15) is 4.57 Å². The molecule has 27 heavy (non-hydrogen) atoms. The summed E-state index contributed by atoms with van der Waals surface area (Å²) in [4.78, 5) is 0. The van der Waals surface area contributed by atoms with Gasteiger partial charge in [-0.1, -0.05) is 74.5 Å². The highest BCUT2D eigenvalue weighted by Crippen LogP contribution is 2.79. The Morgan fingerprint density at radius 1 is 1.00 bits per heavy atom. The van der Waals surface area contributed by atoms with Gasteiger partial charge in [0.1, 0.15) is 7.14 Å². The largest absolute Gasteiger partial charge is 0.401 e. The van der Waals surface area contributed by atoms with E-state index >= 15 is 0 Å². The van der Waals surface area contributed by atoms with Crippen LogP contribution in [-0.4, -0.2) is 5.66 Å². The first kappa shape index (κ1) is 17.3. The normalized spacial score (nSPS) is 36.2. The van der Waals surface area contributed by atoms with E-state index in [4.69, 9.17) is 5.73 Å². The van der Waals surface area contributed by atoms with Gasteiger partial charge in [0.2, 0.25) is 0 Å². The molecule has 2 bridgehead atoms. The van der Waals surface area contributed by atoms with Crippen LogP contribution in [0, 0.1) is 23.2 Å². The quantitative estimate of drug-likeness (QED) is 0.673.